The van der Waals surface area contributed by atoms with Gasteiger partial charge in [-0.1, -0.05) is 30.3 Å². The highest BCUT2D eigenvalue weighted by Crippen LogP contribution is 2.24. The average molecular weight is 337 g/mol. The topological polar surface area (TPSA) is 61.6 Å². The van der Waals surface area contributed by atoms with Gasteiger partial charge < -0.3 is 13.9 Å². The molecular formula is C20H19NO4. The van der Waals surface area contributed by atoms with Crippen molar-refractivity contribution in [2.24, 2.45) is 0 Å². The molecule has 5 heteroatoms. The lowest BCUT2D eigenvalue weighted by molar-refractivity contribution is -0.139. The number of hydrogen-bond donors (Lipinski definition) is 0. The van der Waals surface area contributed by atoms with Crippen LogP contribution in [-0.4, -0.2) is 18.1 Å². The molecule has 3 aromatic rings. The van der Waals surface area contributed by atoms with Crippen molar-refractivity contribution in [1.82, 2.24) is 4.98 Å². The van der Waals surface area contributed by atoms with Gasteiger partial charge in [0.15, 0.2) is 0 Å². The zero-order chi connectivity index (χ0) is 17.6. The molecule has 0 aliphatic carbocycles. The molecule has 0 saturated heterocycles. The van der Waals surface area contributed by atoms with Crippen molar-refractivity contribution >= 4 is 5.97 Å². The summed E-state index contributed by atoms with van der Waals surface area (Å²) < 4.78 is 16.1. The minimum Gasteiger partial charge on any atom is -0.489 e. The fourth-order valence-corrected chi connectivity index (χ4v) is 2.36. The van der Waals surface area contributed by atoms with Crippen LogP contribution in [0.4, 0.5) is 0 Å². The third-order valence-electron chi connectivity index (χ3n) is 3.78. The summed E-state index contributed by atoms with van der Waals surface area (Å²) in [4.78, 5) is 15.8. The summed E-state index contributed by atoms with van der Waals surface area (Å²) in [5.74, 6) is 1.52. The van der Waals surface area contributed by atoms with E-state index in [-0.39, 0.29) is 12.4 Å². The largest absolute Gasteiger partial charge is 0.489 e. The Hall–Kier alpha value is -3.08. The fourth-order valence-electron chi connectivity index (χ4n) is 2.36. The highest BCUT2D eigenvalue weighted by molar-refractivity contribution is 5.72. The van der Waals surface area contributed by atoms with Gasteiger partial charge in [0.05, 0.1) is 19.2 Å². The van der Waals surface area contributed by atoms with Crippen LogP contribution in [0.2, 0.25) is 0 Å². The predicted octanol–water partition coefficient (Wildman–Crippen LogP) is 3.94. The molecule has 0 unspecified atom stereocenters. The number of aryl methyl sites for hydroxylation is 1. The second kappa shape index (κ2) is 7.66. The van der Waals surface area contributed by atoms with Crippen LogP contribution in [0.1, 0.15) is 17.0 Å². The van der Waals surface area contributed by atoms with Gasteiger partial charge in [-0.25, -0.2) is 4.98 Å². The van der Waals surface area contributed by atoms with E-state index < -0.39 is 0 Å². The first-order chi connectivity index (χ1) is 12.2. The van der Waals surface area contributed by atoms with E-state index >= 15 is 0 Å². The van der Waals surface area contributed by atoms with Gasteiger partial charge in [0, 0.05) is 5.56 Å². The molecule has 1 heterocycles. The molecule has 0 saturated carbocycles. The van der Waals surface area contributed by atoms with E-state index in [2.05, 4.69) is 9.72 Å². The van der Waals surface area contributed by atoms with E-state index in [1.807, 2.05) is 54.6 Å². The van der Waals surface area contributed by atoms with Crippen molar-refractivity contribution in [2.45, 2.75) is 20.0 Å². The first kappa shape index (κ1) is 16.8. The molecule has 0 amide bonds. The maximum atomic E-state index is 11.4. The molecule has 0 N–H and O–H groups in total. The first-order valence-electron chi connectivity index (χ1n) is 7.96. The zero-order valence-electron chi connectivity index (χ0n) is 14.2. The van der Waals surface area contributed by atoms with Crippen LogP contribution in [0, 0.1) is 6.92 Å². The number of benzene rings is 2. The summed E-state index contributed by atoms with van der Waals surface area (Å²) >= 11 is 0. The maximum Gasteiger partial charge on any atom is 0.311 e. The number of carbonyl (C=O) groups excluding carboxylic acids is 1. The zero-order valence-corrected chi connectivity index (χ0v) is 14.2. The first-order valence-corrected chi connectivity index (χ1v) is 7.96. The molecular weight excluding hydrogens is 318 g/mol. The molecule has 0 spiro atoms. The van der Waals surface area contributed by atoms with Gasteiger partial charge in [-0.05, 0) is 36.8 Å². The van der Waals surface area contributed by atoms with Crippen molar-refractivity contribution in [3.8, 4) is 17.2 Å². The van der Waals surface area contributed by atoms with Crippen LogP contribution in [0.25, 0.3) is 11.5 Å². The van der Waals surface area contributed by atoms with Gasteiger partial charge in [-0.3, -0.25) is 4.79 Å². The molecule has 1 aromatic heterocycles. The number of hydrogen-bond acceptors (Lipinski definition) is 5. The Morgan fingerprint density at radius 2 is 1.80 bits per heavy atom. The SMILES string of the molecule is COC(=O)Cc1nc(-c2ccc(OCc3ccccc3)cc2)oc1C. The van der Waals surface area contributed by atoms with Crippen LogP contribution in [-0.2, 0) is 22.6 Å². The molecule has 25 heavy (non-hydrogen) atoms. The fraction of sp³-hybridized carbons (Fsp3) is 0.200. The maximum absolute atomic E-state index is 11.4. The summed E-state index contributed by atoms with van der Waals surface area (Å²) in [5, 5.41) is 0. The number of aromatic nitrogens is 1. The molecule has 0 aliphatic rings. The van der Waals surface area contributed by atoms with E-state index in [0.29, 0.717) is 24.0 Å². The monoisotopic (exact) mass is 337 g/mol. The number of oxazole rings is 1. The Morgan fingerprint density at radius 1 is 1.08 bits per heavy atom. The van der Waals surface area contributed by atoms with Crippen LogP contribution in [0.15, 0.2) is 59.0 Å². The molecule has 0 aliphatic heterocycles. The van der Waals surface area contributed by atoms with Crippen molar-refractivity contribution in [1.29, 1.82) is 0 Å². The second-order valence-corrected chi connectivity index (χ2v) is 5.57. The summed E-state index contributed by atoms with van der Waals surface area (Å²) in [7, 11) is 1.35. The lowest BCUT2D eigenvalue weighted by atomic mass is 10.2. The Morgan fingerprint density at radius 3 is 2.48 bits per heavy atom. The lowest BCUT2D eigenvalue weighted by Gasteiger charge is -2.06. The van der Waals surface area contributed by atoms with Gasteiger partial charge >= 0.3 is 5.97 Å². The average Bonchev–Trinajstić information content (AvgIpc) is 3.01. The highest BCUT2D eigenvalue weighted by atomic mass is 16.5. The number of rotatable bonds is 6. The van der Waals surface area contributed by atoms with E-state index in [0.717, 1.165) is 16.9 Å². The van der Waals surface area contributed by atoms with Gasteiger partial charge in [0.2, 0.25) is 5.89 Å². The van der Waals surface area contributed by atoms with E-state index in [4.69, 9.17) is 9.15 Å². The lowest BCUT2D eigenvalue weighted by Crippen LogP contribution is -2.05. The van der Waals surface area contributed by atoms with E-state index in [9.17, 15) is 4.79 Å². The molecule has 0 atom stereocenters. The van der Waals surface area contributed by atoms with Crippen LogP contribution in [0.3, 0.4) is 0 Å². The van der Waals surface area contributed by atoms with Gasteiger partial charge in [0.1, 0.15) is 18.1 Å². The van der Waals surface area contributed by atoms with Gasteiger partial charge in [-0.2, -0.15) is 0 Å². The van der Waals surface area contributed by atoms with Crippen LogP contribution in [0.5, 0.6) is 5.75 Å². The third kappa shape index (κ3) is 4.26. The Kier molecular flexibility index (Phi) is 5.14. The summed E-state index contributed by atoms with van der Waals surface area (Å²) in [6.07, 6.45) is 0.101. The molecule has 0 fully saturated rings. The second-order valence-electron chi connectivity index (χ2n) is 5.57. The quantitative estimate of drug-likeness (QED) is 0.638. The minimum atomic E-state index is -0.340. The summed E-state index contributed by atoms with van der Waals surface area (Å²) in [6.45, 7) is 2.30. The normalized spacial score (nSPS) is 10.5. The molecule has 0 bridgehead atoms. The molecule has 0 radical (unpaired) electrons. The molecule has 2 aromatic carbocycles. The standard InChI is InChI=1S/C20H19NO4/c1-14-18(12-19(22)23-2)21-20(25-14)16-8-10-17(11-9-16)24-13-15-6-4-3-5-7-15/h3-11H,12-13H2,1-2H3. The number of methoxy groups -OCH3 is 1. The van der Waals surface area contributed by atoms with Crippen molar-refractivity contribution in [3.63, 3.8) is 0 Å². The summed E-state index contributed by atoms with van der Waals surface area (Å²) in [6, 6.07) is 17.5. The highest BCUT2D eigenvalue weighted by Gasteiger charge is 2.15. The van der Waals surface area contributed by atoms with E-state index in [1.165, 1.54) is 7.11 Å². The number of esters is 1. The Labute approximate surface area is 146 Å². The van der Waals surface area contributed by atoms with Crippen molar-refractivity contribution in [2.75, 3.05) is 7.11 Å². The van der Waals surface area contributed by atoms with Crippen molar-refractivity contribution < 1.29 is 18.7 Å². The molecule has 128 valence electrons. The van der Waals surface area contributed by atoms with Crippen LogP contribution < -0.4 is 4.74 Å². The predicted molar refractivity (Wildman–Crippen MR) is 93.2 cm³/mol. The van der Waals surface area contributed by atoms with E-state index in [1.54, 1.807) is 6.92 Å². The van der Waals surface area contributed by atoms with Gasteiger partial charge in [0.25, 0.3) is 0 Å². The van der Waals surface area contributed by atoms with Crippen molar-refractivity contribution in [3.05, 3.63) is 71.6 Å². The smallest absolute Gasteiger partial charge is 0.311 e. The molecule has 5 nitrogen and oxygen atoms in total. The Bertz CT molecular complexity index is 838. The number of carbonyl (C=O) groups is 1. The summed E-state index contributed by atoms with van der Waals surface area (Å²) in [5.41, 5.74) is 2.53. The minimum absolute atomic E-state index is 0.101. The van der Waals surface area contributed by atoms with Crippen LogP contribution >= 0.6 is 0 Å². The molecule has 3 rings (SSSR count). The van der Waals surface area contributed by atoms with Gasteiger partial charge in [-0.15, -0.1) is 0 Å². The Balaban J connectivity index is 1.68. The third-order valence-corrected chi connectivity index (χ3v) is 3.78. The number of ether oxygens (including phenoxy) is 2. The number of nitrogens with zero attached hydrogens (tertiary/aromatic N) is 1.